The number of nitrogens with one attached hydrogen (secondary N) is 1. The van der Waals surface area contributed by atoms with E-state index in [0.29, 0.717) is 35.7 Å². The molecule has 1 N–H and O–H groups in total. The molecule has 0 saturated heterocycles. The Balaban J connectivity index is 1.28. The number of hydrogen-bond donors (Lipinski definition) is 1. The number of benzene rings is 4. The third-order valence-electron chi connectivity index (χ3n) is 6.43. The maximum atomic E-state index is 13.4. The largest absolute Gasteiger partial charge is 0.489 e. The number of rotatable bonds is 7. The number of sulfonamides is 1. The van der Waals surface area contributed by atoms with Gasteiger partial charge in [0.15, 0.2) is 0 Å². The first-order valence-electron chi connectivity index (χ1n) is 12.1. The zero-order valence-electron chi connectivity index (χ0n) is 20.7. The highest BCUT2D eigenvalue weighted by Crippen LogP contribution is 2.37. The van der Waals surface area contributed by atoms with Gasteiger partial charge in [-0.05, 0) is 86.0 Å². The Hall–Kier alpha value is -4.10. The minimum atomic E-state index is -3.71. The van der Waals surface area contributed by atoms with Gasteiger partial charge in [-0.25, -0.2) is 8.42 Å². The van der Waals surface area contributed by atoms with Gasteiger partial charge in [0.2, 0.25) is 0 Å². The van der Waals surface area contributed by atoms with E-state index in [1.54, 1.807) is 54.6 Å². The summed E-state index contributed by atoms with van der Waals surface area (Å²) < 4.78 is 34.0. The predicted octanol–water partition coefficient (Wildman–Crippen LogP) is 5.97. The van der Waals surface area contributed by atoms with Crippen LogP contribution in [-0.2, 0) is 23.1 Å². The lowest BCUT2D eigenvalue weighted by Crippen LogP contribution is -2.35. The quantitative estimate of drug-likeness (QED) is 0.331. The predicted molar refractivity (Wildman–Crippen MR) is 146 cm³/mol. The van der Waals surface area contributed by atoms with Gasteiger partial charge in [0.25, 0.3) is 15.9 Å². The Labute approximate surface area is 217 Å². The summed E-state index contributed by atoms with van der Waals surface area (Å²) in [5, 5.41) is 2.91. The molecule has 188 valence electrons. The summed E-state index contributed by atoms with van der Waals surface area (Å²) in [4.78, 5) is 13.2. The summed E-state index contributed by atoms with van der Waals surface area (Å²) in [6.07, 6.45) is 0.537. The van der Waals surface area contributed by atoms with Crippen LogP contribution in [0.3, 0.4) is 0 Å². The second-order valence-corrected chi connectivity index (χ2v) is 11.1. The van der Waals surface area contributed by atoms with Crippen LogP contribution in [0, 0.1) is 6.92 Å². The summed E-state index contributed by atoms with van der Waals surface area (Å²) in [6.45, 7) is 4.27. The van der Waals surface area contributed by atoms with Crippen molar-refractivity contribution in [2.24, 2.45) is 0 Å². The van der Waals surface area contributed by atoms with Crippen molar-refractivity contribution in [1.29, 1.82) is 0 Å². The van der Waals surface area contributed by atoms with Crippen LogP contribution in [0.2, 0.25) is 0 Å². The highest BCUT2D eigenvalue weighted by Gasteiger charge is 2.36. The number of amides is 1. The first-order valence-corrected chi connectivity index (χ1v) is 13.6. The van der Waals surface area contributed by atoms with Crippen LogP contribution in [0.1, 0.15) is 34.0 Å². The lowest BCUT2D eigenvalue weighted by atomic mass is 10.1. The van der Waals surface area contributed by atoms with E-state index in [9.17, 15) is 13.2 Å². The van der Waals surface area contributed by atoms with E-state index in [2.05, 4.69) is 5.32 Å². The molecule has 0 aliphatic carbocycles. The van der Waals surface area contributed by atoms with E-state index in [4.69, 9.17) is 4.74 Å². The highest BCUT2D eigenvalue weighted by molar-refractivity contribution is 7.92. The van der Waals surface area contributed by atoms with Crippen LogP contribution in [-0.4, -0.2) is 20.4 Å². The van der Waals surface area contributed by atoms with Gasteiger partial charge in [-0.2, -0.15) is 0 Å². The summed E-state index contributed by atoms with van der Waals surface area (Å²) in [6, 6.07) is 28.9. The summed E-state index contributed by atoms with van der Waals surface area (Å²) in [5.74, 6) is 0.455. The number of anilines is 2. The first-order chi connectivity index (χ1) is 17.8. The van der Waals surface area contributed by atoms with Gasteiger partial charge in [-0.1, -0.05) is 48.0 Å². The monoisotopic (exact) mass is 512 g/mol. The number of hydrogen-bond acceptors (Lipinski definition) is 4. The molecular weight excluding hydrogens is 484 g/mol. The van der Waals surface area contributed by atoms with Crippen molar-refractivity contribution in [2.45, 2.75) is 37.8 Å². The second-order valence-electron chi connectivity index (χ2n) is 9.26. The molecule has 0 radical (unpaired) electrons. The molecule has 0 fully saturated rings. The molecule has 0 saturated carbocycles. The molecular formula is C30H28N2O4S. The minimum Gasteiger partial charge on any atom is -0.489 e. The highest BCUT2D eigenvalue weighted by atomic mass is 32.2. The van der Waals surface area contributed by atoms with E-state index in [1.807, 2.05) is 56.3 Å². The van der Waals surface area contributed by atoms with Crippen LogP contribution in [0.25, 0.3) is 0 Å². The van der Waals surface area contributed by atoms with Crippen molar-refractivity contribution in [2.75, 3.05) is 9.62 Å². The summed E-state index contributed by atoms with van der Waals surface area (Å²) in [5.41, 5.74) is 4.65. The van der Waals surface area contributed by atoms with Crippen LogP contribution < -0.4 is 14.4 Å². The average Bonchev–Trinajstić information content (AvgIpc) is 3.24. The molecule has 37 heavy (non-hydrogen) atoms. The minimum absolute atomic E-state index is 0.247. The smallest absolute Gasteiger partial charge is 0.264 e. The second kappa shape index (κ2) is 10.1. The molecule has 1 amide bonds. The molecule has 6 nitrogen and oxygen atoms in total. The van der Waals surface area contributed by atoms with E-state index in [1.165, 1.54) is 4.31 Å². The maximum Gasteiger partial charge on any atom is 0.264 e. The van der Waals surface area contributed by atoms with Gasteiger partial charge in [0, 0.05) is 17.3 Å². The Kier molecular flexibility index (Phi) is 6.72. The normalized spacial score (nSPS) is 14.8. The number of aryl methyl sites for hydroxylation is 1. The molecule has 0 bridgehead atoms. The van der Waals surface area contributed by atoms with Gasteiger partial charge in [-0.15, -0.1) is 0 Å². The molecule has 0 spiro atoms. The van der Waals surface area contributed by atoms with Crippen molar-refractivity contribution < 1.29 is 17.9 Å². The molecule has 4 aromatic carbocycles. The van der Waals surface area contributed by atoms with Crippen molar-refractivity contribution >= 4 is 27.3 Å². The van der Waals surface area contributed by atoms with E-state index >= 15 is 0 Å². The lowest BCUT2D eigenvalue weighted by molar-refractivity contribution is 0.102. The number of nitrogens with zero attached hydrogens (tertiary/aromatic N) is 1. The van der Waals surface area contributed by atoms with Gasteiger partial charge < -0.3 is 10.1 Å². The zero-order chi connectivity index (χ0) is 26.0. The SMILES string of the molecule is Cc1ccc(S(=O)(=O)N2c3ccc(C(=O)Nc4ccc(OCc5ccccc5)cc4)cc3C[C@@H]2C)cc1. The third-order valence-corrected chi connectivity index (χ3v) is 8.38. The Morgan fingerprint density at radius 2 is 1.65 bits per heavy atom. The lowest BCUT2D eigenvalue weighted by Gasteiger charge is -2.24. The molecule has 0 unspecified atom stereocenters. The standard InChI is InChI=1S/C30H28N2O4S/c1-21-8-15-28(16-9-21)37(34,35)32-22(2)18-25-19-24(10-17-29(25)32)30(33)31-26-11-13-27(14-12-26)36-20-23-6-4-3-5-7-23/h3-17,19,22H,18,20H2,1-2H3,(H,31,33)/t22-/m0/s1. The molecule has 4 aromatic rings. The summed E-state index contributed by atoms with van der Waals surface area (Å²) >= 11 is 0. The maximum absolute atomic E-state index is 13.4. The average molecular weight is 513 g/mol. The molecule has 1 aliphatic heterocycles. The van der Waals surface area contributed by atoms with Gasteiger partial charge in [0.05, 0.1) is 10.6 Å². The number of carbonyl (C=O) groups excluding carboxylic acids is 1. The molecule has 7 heteroatoms. The Morgan fingerprint density at radius 3 is 2.35 bits per heavy atom. The van der Waals surface area contributed by atoms with E-state index in [0.717, 1.165) is 16.7 Å². The number of ether oxygens (including phenoxy) is 1. The van der Waals surface area contributed by atoms with Crippen molar-refractivity contribution in [3.05, 3.63) is 119 Å². The molecule has 5 rings (SSSR count). The topological polar surface area (TPSA) is 75.7 Å². The van der Waals surface area contributed by atoms with Crippen LogP contribution in [0.5, 0.6) is 5.75 Å². The zero-order valence-corrected chi connectivity index (χ0v) is 21.5. The van der Waals surface area contributed by atoms with Gasteiger partial charge in [0.1, 0.15) is 12.4 Å². The van der Waals surface area contributed by atoms with Crippen molar-refractivity contribution in [3.8, 4) is 5.75 Å². The van der Waals surface area contributed by atoms with Crippen molar-refractivity contribution in [1.82, 2.24) is 0 Å². The summed E-state index contributed by atoms with van der Waals surface area (Å²) in [7, 11) is -3.71. The fourth-order valence-electron chi connectivity index (χ4n) is 4.51. The third kappa shape index (κ3) is 5.22. The van der Waals surface area contributed by atoms with Gasteiger partial charge in [-0.3, -0.25) is 9.10 Å². The number of carbonyl (C=O) groups is 1. The van der Waals surface area contributed by atoms with Crippen LogP contribution >= 0.6 is 0 Å². The number of fused-ring (bicyclic) bond motifs is 1. The molecule has 1 atom stereocenters. The van der Waals surface area contributed by atoms with E-state index in [-0.39, 0.29) is 16.8 Å². The molecule has 0 aromatic heterocycles. The molecule has 1 aliphatic rings. The Bertz CT molecular complexity index is 1520. The van der Waals surface area contributed by atoms with E-state index < -0.39 is 10.0 Å². The van der Waals surface area contributed by atoms with Gasteiger partial charge >= 0.3 is 0 Å². The van der Waals surface area contributed by atoms with Crippen LogP contribution in [0.4, 0.5) is 11.4 Å². The molecule has 1 heterocycles. The fraction of sp³-hybridized carbons (Fsp3) is 0.167. The van der Waals surface area contributed by atoms with Crippen LogP contribution in [0.15, 0.2) is 102 Å². The first kappa shape index (κ1) is 24.6. The fourth-order valence-corrected chi connectivity index (χ4v) is 6.21. The Morgan fingerprint density at radius 1 is 0.946 bits per heavy atom. The van der Waals surface area contributed by atoms with Crippen molar-refractivity contribution in [3.63, 3.8) is 0 Å².